The lowest BCUT2D eigenvalue weighted by Crippen LogP contribution is -2.39. The Morgan fingerprint density at radius 1 is 1.10 bits per heavy atom. The highest BCUT2D eigenvalue weighted by Gasteiger charge is 2.36. The fourth-order valence-corrected chi connectivity index (χ4v) is 3.29. The Hall–Kier alpha value is -3.55. The molecule has 158 valence electrons. The van der Waals surface area contributed by atoms with Crippen molar-refractivity contribution in [1.82, 2.24) is 0 Å². The van der Waals surface area contributed by atoms with Crippen LogP contribution < -0.4 is 14.5 Å². The Morgan fingerprint density at radius 2 is 1.80 bits per heavy atom. The van der Waals surface area contributed by atoms with Crippen LogP contribution in [0.4, 0.5) is 11.4 Å². The van der Waals surface area contributed by atoms with Gasteiger partial charge in [0.1, 0.15) is 18.1 Å². The second kappa shape index (κ2) is 8.06. The Balaban J connectivity index is 2.13. The first-order valence-electron chi connectivity index (χ1n) is 9.31. The average molecular weight is 412 g/mol. The number of methoxy groups -OCH3 is 2. The van der Waals surface area contributed by atoms with Gasteiger partial charge in [0.05, 0.1) is 30.9 Å². The quantitative estimate of drug-likeness (QED) is 0.706. The number of amides is 1. The van der Waals surface area contributed by atoms with Crippen LogP contribution in [-0.4, -0.2) is 45.7 Å². The summed E-state index contributed by atoms with van der Waals surface area (Å²) in [5.74, 6) is -0.936. The van der Waals surface area contributed by atoms with E-state index in [1.54, 1.807) is 48.5 Å². The predicted octanol–water partition coefficient (Wildman–Crippen LogP) is 2.56. The Bertz CT molecular complexity index is 989. The van der Waals surface area contributed by atoms with Gasteiger partial charge >= 0.3 is 11.9 Å². The fourth-order valence-electron chi connectivity index (χ4n) is 3.29. The summed E-state index contributed by atoms with van der Waals surface area (Å²) in [6.45, 7) is 3.85. The van der Waals surface area contributed by atoms with Crippen LogP contribution in [0.2, 0.25) is 0 Å². The van der Waals surface area contributed by atoms with Crippen molar-refractivity contribution >= 4 is 29.2 Å². The van der Waals surface area contributed by atoms with Crippen LogP contribution in [-0.2, 0) is 23.9 Å². The fraction of sp³-hybridized carbons (Fsp3) is 0.318. The number of hydrogen-bond donors (Lipinski definition) is 0. The number of carbonyl (C=O) groups is 3. The van der Waals surface area contributed by atoms with Gasteiger partial charge in [0, 0.05) is 25.0 Å². The van der Waals surface area contributed by atoms with Gasteiger partial charge in [0.15, 0.2) is 0 Å². The summed E-state index contributed by atoms with van der Waals surface area (Å²) in [5.41, 5.74) is 0.542. The molecular formula is C22H24N2O6. The summed E-state index contributed by atoms with van der Waals surface area (Å²) in [4.78, 5) is 40.6. The van der Waals surface area contributed by atoms with E-state index in [1.807, 2.05) is 13.8 Å². The number of fused-ring (bicyclic) bond motifs is 1. The second-order valence-corrected chi connectivity index (χ2v) is 7.50. The van der Waals surface area contributed by atoms with Crippen LogP contribution in [0.1, 0.15) is 13.8 Å². The number of rotatable bonds is 3. The molecule has 2 heterocycles. The Morgan fingerprint density at radius 3 is 2.47 bits per heavy atom. The molecule has 0 unspecified atom stereocenters. The highest BCUT2D eigenvalue weighted by Crippen LogP contribution is 2.39. The molecule has 0 radical (unpaired) electrons. The number of carbonyl (C=O) groups excluding carboxylic acids is 3. The molecule has 30 heavy (non-hydrogen) atoms. The van der Waals surface area contributed by atoms with E-state index in [0.717, 1.165) is 0 Å². The van der Waals surface area contributed by atoms with E-state index >= 15 is 0 Å². The molecule has 0 N–H and O–H groups in total. The molecule has 1 amide bonds. The lowest BCUT2D eigenvalue weighted by Gasteiger charge is -2.25. The first-order chi connectivity index (χ1) is 14.2. The van der Waals surface area contributed by atoms with E-state index in [-0.39, 0.29) is 23.8 Å². The van der Waals surface area contributed by atoms with Crippen molar-refractivity contribution in [3.8, 4) is 5.75 Å². The minimum Gasteiger partial charge on any atom is -0.490 e. The maximum Gasteiger partial charge on any atom is 0.355 e. The molecule has 0 saturated carbocycles. The zero-order valence-electron chi connectivity index (χ0n) is 17.6. The third-order valence-electron chi connectivity index (χ3n) is 4.94. The SMILES string of the molecule is COC(=O)C1=C(C(=O)OC)N(c2ccc3c(c2)OCC(C)(C)C(=O)N3C)C=CC=C1. The van der Waals surface area contributed by atoms with E-state index in [4.69, 9.17) is 14.2 Å². The summed E-state index contributed by atoms with van der Waals surface area (Å²) in [5, 5.41) is 0. The number of allylic oxidation sites excluding steroid dienone is 2. The van der Waals surface area contributed by atoms with Crippen LogP contribution in [0.25, 0.3) is 0 Å². The molecule has 8 nitrogen and oxygen atoms in total. The van der Waals surface area contributed by atoms with E-state index in [9.17, 15) is 14.4 Å². The smallest absolute Gasteiger partial charge is 0.355 e. The van der Waals surface area contributed by atoms with Crippen molar-refractivity contribution in [3.05, 3.63) is 53.9 Å². The molecular weight excluding hydrogens is 388 g/mol. The molecule has 0 saturated heterocycles. The molecule has 3 rings (SSSR count). The second-order valence-electron chi connectivity index (χ2n) is 7.50. The van der Waals surface area contributed by atoms with Crippen molar-refractivity contribution < 1.29 is 28.6 Å². The molecule has 0 aromatic heterocycles. The number of benzene rings is 1. The topological polar surface area (TPSA) is 85.4 Å². The van der Waals surface area contributed by atoms with Crippen LogP contribution in [0, 0.1) is 5.41 Å². The lowest BCUT2D eigenvalue weighted by molar-refractivity contribution is -0.139. The molecule has 1 aromatic rings. The average Bonchev–Trinajstić information content (AvgIpc) is 3.02. The molecule has 2 aliphatic rings. The number of esters is 2. The van der Waals surface area contributed by atoms with Gasteiger partial charge in [-0.2, -0.15) is 0 Å². The van der Waals surface area contributed by atoms with E-state index in [0.29, 0.717) is 17.1 Å². The summed E-state index contributed by atoms with van der Waals surface area (Å²) < 4.78 is 15.7. The van der Waals surface area contributed by atoms with Gasteiger partial charge in [-0.25, -0.2) is 9.59 Å². The minimum absolute atomic E-state index is 0.00711. The summed E-state index contributed by atoms with van der Waals surface area (Å²) in [6.07, 6.45) is 6.44. The van der Waals surface area contributed by atoms with E-state index < -0.39 is 17.4 Å². The Labute approximate surface area is 175 Å². The lowest BCUT2D eigenvalue weighted by atomic mass is 9.93. The van der Waals surface area contributed by atoms with Gasteiger partial charge in [-0.05, 0) is 38.1 Å². The maximum atomic E-state index is 12.7. The van der Waals surface area contributed by atoms with Crippen LogP contribution in [0.3, 0.4) is 0 Å². The molecule has 0 spiro atoms. The minimum atomic E-state index is -0.698. The normalized spacial score (nSPS) is 17.7. The van der Waals surface area contributed by atoms with E-state index in [2.05, 4.69) is 0 Å². The van der Waals surface area contributed by atoms with Crippen molar-refractivity contribution in [2.75, 3.05) is 37.7 Å². The number of ether oxygens (including phenoxy) is 3. The molecule has 2 aliphatic heterocycles. The van der Waals surface area contributed by atoms with Crippen molar-refractivity contribution in [1.29, 1.82) is 0 Å². The van der Waals surface area contributed by atoms with Crippen molar-refractivity contribution in [2.24, 2.45) is 5.41 Å². The van der Waals surface area contributed by atoms with Gasteiger partial charge in [-0.3, -0.25) is 4.79 Å². The van der Waals surface area contributed by atoms with E-state index in [1.165, 1.54) is 25.2 Å². The monoisotopic (exact) mass is 412 g/mol. The zero-order valence-corrected chi connectivity index (χ0v) is 17.6. The van der Waals surface area contributed by atoms with Gasteiger partial charge in [0.2, 0.25) is 5.91 Å². The van der Waals surface area contributed by atoms with Crippen molar-refractivity contribution in [3.63, 3.8) is 0 Å². The van der Waals surface area contributed by atoms with Crippen LogP contribution >= 0.6 is 0 Å². The first-order valence-corrected chi connectivity index (χ1v) is 9.31. The van der Waals surface area contributed by atoms with Gasteiger partial charge < -0.3 is 24.0 Å². The molecule has 0 aliphatic carbocycles. The van der Waals surface area contributed by atoms with Crippen LogP contribution in [0.5, 0.6) is 5.75 Å². The molecule has 0 bridgehead atoms. The Kier molecular flexibility index (Phi) is 5.69. The van der Waals surface area contributed by atoms with Gasteiger partial charge in [-0.1, -0.05) is 6.08 Å². The maximum absolute atomic E-state index is 12.7. The number of nitrogens with zero attached hydrogens (tertiary/aromatic N) is 2. The molecule has 1 aromatic carbocycles. The third kappa shape index (κ3) is 3.68. The number of hydrogen-bond acceptors (Lipinski definition) is 7. The largest absolute Gasteiger partial charge is 0.490 e. The van der Waals surface area contributed by atoms with Gasteiger partial charge in [0.25, 0.3) is 0 Å². The highest BCUT2D eigenvalue weighted by molar-refractivity contribution is 6.05. The highest BCUT2D eigenvalue weighted by atomic mass is 16.5. The molecule has 0 atom stereocenters. The standard InChI is InChI=1S/C22H24N2O6/c1-22(2)13-30-17-12-14(9-10-16(17)23(3)21(22)27)24-11-7-6-8-15(19(25)28-4)18(24)20(26)29-5/h6-12H,13H2,1-5H3. The third-order valence-corrected chi connectivity index (χ3v) is 4.94. The first kappa shape index (κ1) is 21.2. The number of anilines is 2. The summed E-state index contributed by atoms with van der Waals surface area (Å²) >= 11 is 0. The summed E-state index contributed by atoms with van der Waals surface area (Å²) in [6, 6.07) is 5.19. The molecule has 0 fully saturated rings. The predicted molar refractivity (Wildman–Crippen MR) is 111 cm³/mol. The van der Waals surface area contributed by atoms with Gasteiger partial charge in [-0.15, -0.1) is 0 Å². The van der Waals surface area contributed by atoms with Crippen LogP contribution in [0.15, 0.2) is 53.9 Å². The molecule has 8 heteroatoms. The van der Waals surface area contributed by atoms with Crippen molar-refractivity contribution in [2.45, 2.75) is 13.8 Å². The summed E-state index contributed by atoms with van der Waals surface area (Å²) in [7, 11) is 4.18. The zero-order chi connectivity index (χ0) is 22.1.